The summed E-state index contributed by atoms with van der Waals surface area (Å²) in [7, 11) is -3.54. The van der Waals surface area contributed by atoms with Crippen molar-refractivity contribution in [3.05, 3.63) is 12.4 Å². The first-order valence-electron chi connectivity index (χ1n) is 8.31. The van der Waals surface area contributed by atoms with E-state index < -0.39 is 10.2 Å². The molecule has 1 aromatic rings. The smallest absolute Gasteiger partial charge is 0.322 e. The molecule has 0 spiro atoms. The molecule has 10 nitrogen and oxygen atoms in total. The molecular weight excluding hydrogens is 348 g/mol. The number of carbonyl (C=O) groups excluding carboxylic acids is 1. The van der Waals surface area contributed by atoms with Crippen LogP contribution in [0.2, 0.25) is 0 Å². The minimum Gasteiger partial charge on any atom is -0.373 e. The topological polar surface area (TPSA) is 111 Å². The number of H-pyrrole nitrogens is 1. The van der Waals surface area contributed by atoms with Crippen LogP contribution in [0.25, 0.3) is 0 Å². The number of nitrogens with one attached hydrogen (secondary N) is 2. The highest BCUT2D eigenvalue weighted by atomic mass is 32.2. The summed E-state index contributed by atoms with van der Waals surface area (Å²) in [4.78, 5) is 13.8. The van der Waals surface area contributed by atoms with Crippen LogP contribution in [0.1, 0.15) is 13.8 Å². The second-order valence-corrected chi connectivity index (χ2v) is 8.31. The molecule has 2 fully saturated rings. The van der Waals surface area contributed by atoms with E-state index in [0.717, 1.165) is 0 Å². The Morgan fingerprint density at radius 2 is 1.84 bits per heavy atom. The Balaban J connectivity index is 1.56. The normalized spacial score (nSPS) is 26.6. The number of aromatic amines is 1. The predicted octanol–water partition coefficient (Wildman–Crippen LogP) is -0.0868. The lowest BCUT2D eigenvalue weighted by molar-refractivity contribution is -0.0456. The zero-order valence-corrected chi connectivity index (χ0v) is 15.2. The van der Waals surface area contributed by atoms with Crippen LogP contribution in [0.4, 0.5) is 10.5 Å². The van der Waals surface area contributed by atoms with Gasteiger partial charge in [0.2, 0.25) is 0 Å². The summed E-state index contributed by atoms with van der Waals surface area (Å²) in [5.74, 6) is 0. The van der Waals surface area contributed by atoms with Crippen LogP contribution >= 0.6 is 0 Å². The van der Waals surface area contributed by atoms with Gasteiger partial charge in [0, 0.05) is 45.5 Å². The summed E-state index contributed by atoms with van der Waals surface area (Å²) >= 11 is 0. The zero-order valence-electron chi connectivity index (χ0n) is 14.4. The summed E-state index contributed by atoms with van der Waals surface area (Å²) in [6.45, 7) is 5.70. The van der Waals surface area contributed by atoms with Gasteiger partial charge in [-0.1, -0.05) is 0 Å². The molecule has 0 radical (unpaired) electrons. The molecule has 1 aromatic heterocycles. The quantitative estimate of drug-likeness (QED) is 0.771. The van der Waals surface area contributed by atoms with Crippen LogP contribution < -0.4 is 5.32 Å². The minimum atomic E-state index is -3.54. The van der Waals surface area contributed by atoms with Crippen LogP contribution in [0, 0.1) is 0 Å². The number of carbonyl (C=O) groups is 1. The largest absolute Gasteiger partial charge is 0.373 e. The van der Waals surface area contributed by atoms with E-state index in [9.17, 15) is 13.2 Å². The molecular formula is C14H24N6O4S. The lowest BCUT2D eigenvalue weighted by Crippen LogP contribution is -2.58. The van der Waals surface area contributed by atoms with Gasteiger partial charge in [0.15, 0.2) is 0 Å². The number of nitrogens with zero attached hydrogens (tertiary/aromatic N) is 4. The average molecular weight is 372 g/mol. The Labute approximate surface area is 147 Å². The Kier molecular flexibility index (Phi) is 5.27. The Bertz CT molecular complexity index is 676. The maximum Gasteiger partial charge on any atom is 0.322 e. The maximum atomic E-state index is 12.8. The first kappa shape index (κ1) is 18.1. The molecule has 3 heterocycles. The molecule has 0 aliphatic carbocycles. The fourth-order valence-corrected chi connectivity index (χ4v) is 4.87. The predicted molar refractivity (Wildman–Crippen MR) is 91.3 cm³/mol. The monoisotopic (exact) mass is 372 g/mol. The van der Waals surface area contributed by atoms with Gasteiger partial charge in [0.25, 0.3) is 10.2 Å². The van der Waals surface area contributed by atoms with Crippen molar-refractivity contribution in [2.45, 2.75) is 26.1 Å². The Morgan fingerprint density at radius 3 is 2.40 bits per heavy atom. The average Bonchev–Trinajstić information content (AvgIpc) is 3.07. The minimum absolute atomic E-state index is 0.124. The van der Waals surface area contributed by atoms with Crippen molar-refractivity contribution in [3.63, 3.8) is 0 Å². The van der Waals surface area contributed by atoms with Crippen molar-refractivity contribution in [1.29, 1.82) is 0 Å². The molecule has 2 aliphatic rings. The molecule has 25 heavy (non-hydrogen) atoms. The third-order valence-corrected chi connectivity index (χ3v) is 6.28. The van der Waals surface area contributed by atoms with E-state index in [-0.39, 0.29) is 31.3 Å². The second-order valence-electron chi connectivity index (χ2n) is 6.39. The first-order chi connectivity index (χ1) is 11.9. The van der Waals surface area contributed by atoms with Gasteiger partial charge in [-0.3, -0.25) is 5.10 Å². The fourth-order valence-electron chi connectivity index (χ4n) is 3.13. The molecule has 2 saturated heterocycles. The lowest BCUT2D eigenvalue weighted by Gasteiger charge is -2.40. The van der Waals surface area contributed by atoms with Gasteiger partial charge in [-0.15, -0.1) is 0 Å². The SMILES string of the molecule is CC1CN(S(=O)(=O)N2CCN(C(=O)Nc3cn[nH]c3)CC2)CC(C)O1. The summed E-state index contributed by atoms with van der Waals surface area (Å²) in [5, 5.41) is 9.11. The van der Waals surface area contributed by atoms with Crippen LogP contribution in [0.5, 0.6) is 0 Å². The van der Waals surface area contributed by atoms with E-state index in [4.69, 9.17) is 4.74 Å². The van der Waals surface area contributed by atoms with Gasteiger partial charge in [0.1, 0.15) is 0 Å². The van der Waals surface area contributed by atoms with Crippen LogP contribution in [-0.2, 0) is 14.9 Å². The molecule has 2 unspecified atom stereocenters. The molecule has 0 saturated carbocycles. The van der Waals surface area contributed by atoms with Gasteiger partial charge >= 0.3 is 6.03 Å². The molecule has 2 amide bonds. The Morgan fingerprint density at radius 1 is 1.20 bits per heavy atom. The van der Waals surface area contributed by atoms with E-state index in [0.29, 0.717) is 31.9 Å². The maximum absolute atomic E-state index is 12.8. The van der Waals surface area contributed by atoms with E-state index in [1.165, 1.54) is 14.8 Å². The molecule has 2 atom stereocenters. The molecule has 11 heteroatoms. The number of rotatable bonds is 3. The Hall–Kier alpha value is -1.69. The lowest BCUT2D eigenvalue weighted by atomic mass is 10.3. The van der Waals surface area contributed by atoms with Gasteiger partial charge in [-0.05, 0) is 13.8 Å². The number of piperazine rings is 1. The van der Waals surface area contributed by atoms with Gasteiger partial charge in [-0.2, -0.15) is 22.1 Å². The number of morpholine rings is 1. The molecule has 2 N–H and O–H groups in total. The van der Waals surface area contributed by atoms with Crippen molar-refractivity contribution < 1.29 is 17.9 Å². The molecule has 0 bridgehead atoms. The zero-order chi connectivity index (χ0) is 18.0. The van der Waals surface area contributed by atoms with Crippen LogP contribution in [0.3, 0.4) is 0 Å². The first-order valence-corrected chi connectivity index (χ1v) is 9.71. The van der Waals surface area contributed by atoms with E-state index in [1.807, 2.05) is 13.8 Å². The third kappa shape index (κ3) is 4.11. The highest BCUT2D eigenvalue weighted by Gasteiger charge is 2.37. The summed E-state index contributed by atoms with van der Waals surface area (Å²) in [6.07, 6.45) is 2.85. The molecule has 140 valence electrons. The fraction of sp³-hybridized carbons (Fsp3) is 0.714. The van der Waals surface area contributed by atoms with Crippen LogP contribution in [0.15, 0.2) is 12.4 Å². The number of ether oxygens (including phenoxy) is 1. The van der Waals surface area contributed by atoms with Crippen molar-refractivity contribution >= 4 is 21.9 Å². The number of anilines is 1. The molecule has 0 aromatic carbocycles. The molecule has 2 aliphatic heterocycles. The summed E-state index contributed by atoms with van der Waals surface area (Å²) in [5.41, 5.74) is 0.580. The highest BCUT2D eigenvalue weighted by molar-refractivity contribution is 7.86. The van der Waals surface area contributed by atoms with E-state index in [1.54, 1.807) is 11.1 Å². The van der Waals surface area contributed by atoms with Crippen molar-refractivity contribution in [1.82, 2.24) is 23.7 Å². The summed E-state index contributed by atoms with van der Waals surface area (Å²) < 4.78 is 34.2. The number of hydrogen-bond acceptors (Lipinski definition) is 5. The van der Waals surface area contributed by atoms with Crippen molar-refractivity contribution in [3.8, 4) is 0 Å². The number of amides is 2. The van der Waals surface area contributed by atoms with E-state index >= 15 is 0 Å². The van der Waals surface area contributed by atoms with Crippen molar-refractivity contribution in [2.24, 2.45) is 0 Å². The van der Waals surface area contributed by atoms with Gasteiger partial charge in [0.05, 0.1) is 24.1 Å². The highest BCUT2D eigenvalue weighted by Crippen LogP contribution is 2.19. The third-order valence-electron chi connectivity index (χ3n) is 4.31. The van der Waals surface area contributed by atoms with Gasteiger partial charge < -0.3 is 15.0 Å². The van der Waals surface area contributed by atoms with Crippen LogP contribution in [-0.4, -0.2) is 89.6 Å². The van der Waals surface area contributed by atoms with Gasteiger partial charge in [-0.25, -0.2) is 4.79 Å². The van der Waals surface area contributed by atoms with Crippen molar-refractivity contribution in [2.75, 3.05) is 44.6 Å². The number of aromatic nitrogens is 2. The molecule has 3 rings (SSSR count). The summed E-state index contributed by atoms with van der Waals surface area (Å²) in [6, 6.07) is -0.257. The number of hydrogen-bond donors (Lipinski definition) is 2. The standard InChI is InChI=1S/C14H24N6O4S/c1-11-9-20(10-12(2)24-11)25(22,23)19-5-3-18(4-6-19)14(21)17-13-7-15-16-8-13/h7-8,11-12H,3-6,9-10H2,1-2H3,(H,15,16)(H,17,21). The second kappa shape index (κ2) is 7.28. The number of urea groups is 1. The van der Waals surface area contributed by atoms with E-state index in [2.05, 4.69) is 15.5 Å².